The Labute approximate surface area is 209 Å². The Hall–Kier alpha value is -2.34. The molecular formula is C23H30IN3O5S. The summed E-state index contributed by atoms with van der Waals surface area (Å²) >= 11 is 2.12. The Morgan fingerprint density at radius 3 is 2.21 bits per heavy atom. The third-order valence-electron chi connectivity index (χ3n) is 5.02. The Morgan fingerprint density at radius 1 is 1.09 bits per heavy atom. The zero-order chi connectivity index (χ0) is 24.6. The van der Waals surface area contributed by atoms with Crippen LogP contribution in [0.15, 0.2) is 48.5 Å². The number of anilines is 1. The first kappa shape index (κ1) is 26.9. The van der Waals surface area contributed by atoms with Crippen molar-refractivity contribution < 1.29 is 22.7 Å². The molecule has 0 fully saturated rings. The summed E-state index contributed by atoms with van der Waals surface area (Å²) in [4.78, 5) is 27.5. The maximum atomic E-state index is 13.4. The van der Waals surface area contributed by atoms with Crippen molar-refractivity contribution in [2.45, 2.75) is 32.9 Å². The lowest BCUT2D eigenvalue weighted by Crippen LogP contribution is -2.51. The molecule has 0 bridgehead atoms. The van der Waals surface area contributed by atoms with Gasteiger partial charge in [-0.05, 0) is 77.9 Å². The molecule has 0 saturated carbocycles. The predicted molar refractivity (Wildman–Crippen MR) is 138 cm³/mol. The normalized spacial score (nSPS) is 12.0. The van der Waals surface area contributed by atoms with Gasteiger partial charge in [-0.3, -0.25) is 13.9 Å². The number of ether oxygens (including phenoxy) is 1. The van der Waals surface area contributed by atoms with Crippen molar-refractivity contribution >= 4 is 50.1 Å². The van der Waals surface area contributed by atoms with Gasteiger partial charge < -0.3 is 15.0 Å². The maximum Gasteiger partial charge on any atom is 0.244 e. The number of carbonyl (C=O) groups excluding carboxylic acids is 2. The van der Waals surface area contributed by atoms with Crippen LogP contribution in [0.2, 0.25) is 0 Å². The van der Waals surface area contributed by atoms with Gasteiger partial charge in [-0.15, -0.1) is 0 Å². The van der Waals surface area contributed by atoms with Crippen molar-refractivity contribution in [1.29, 1.82) is 0 Å². The van der Waals surface area contributed by atoms with Gasteiger partial charge in [0.15, 0.2) is 0 Å². The van der Waals surface area contributed by atoms with Gasteiger partial charge in [-0.2, -0.15) is 0 Å². The van der Waals surface area contributed by atoms with Crippen LogP contribution in [-0.2, 0) is 26.2 Å². The molecule has 2 amide bonds. The first-order valence-electron chi connectivity index (χ1n) is 10.5. The van der Waals surface area contributed by atoms with Gasteiger partial charge in [0.25, 0.3) is 0 Å². The molecule has 0 aliphatic rings. The molecule has 0 saturated heterocycles. The summed E-state index contributed by atoms with van der Waals surface area (Å²) in [5.41, 5.74) is 1.18. The Morgan fingerprint density at radius 2 is 1.70 bits per heavy atom. The van der Waals surface area contributed by atoms with E-state index in [0.29, 0.717) is 18.0 Å². The van der Waals surface area contributed by atoms with Crippen molar-refractivity contribution in [2.24, 2.45) is 0 Å². The third-order valence-corrected chi connectivity index (χ3v) is 6.88. The molecule has 0 spiro atoms. The van der Waals surface area contributed by atoms with Gasteiger partial charge in [-0.25, -0.2) is 8.42 Å². The number of sulfonamides is 1. The molecule has 2 rings (SSSR count). The summed E-state index contributed by atoms with van der Waals surface area (Å²) in [6.45, 7) is 3.80. The molecule has 0 radical (unpaired) electrons. The molecular weight excluding hydrogens is 557 g/mol. The van der Waals surface area contributed by atoms with E-state index < -0.39 is 28.5 Å². The first-order valence-corrected chi connectivity index (χ1v) is 13.4. The standard InChI is InChI=1S/C23H30IN3O5S/c1-5-14-25-23(29)17(2)26(15-18-6-12-21(32-3)13-7-18)22(28)16-27(33(4,30)31)20-10-8-19(24)9-11-20/h6-13,17H,5,14-16H2,1-4H3,(H,25,29)/t17-/m0/s1. The number of nitrogens with one attached hydrogen (secondary N) is 1. The summed E-state index contributed by atoms with van der Waals surface area (Å²) in [5, 5.41) is 2.81. The maximum absolute atomic E-state index is 13.4. The number of amides is 2. The zero-order valence-electron chi connectivity index (χ0n) is 19.2. The fraction of sp³-hybridized carbons (Fsp3) is 0.391. The van der Waals surface area contributed by atoms with E-state index in [1.807, 2.05) is 19.1 Å². The number of hydrogen-bond donors (Lipinski definition) is 1. The average molecular weight is 587 g/mol. The van der Waals surface area contributed by atoms with Gasteiger partial charge in [-0.1, -0.05) is 19.1 Å². The van der Waals surface area contributed by atoms with Crippen molar-refractivity contribution in [3.8, 4) is 5.75 Å². The van der Waals surface area contributed by atoms with E-state index in [-0.39, 0.29) is 12.5 Å². The lowest BCUT2D eigenvalue weighted by molar-refractivity contribution is -0.139. The minimum atomic E-state index is -3.74. The highest BCUT2D eigenvalue weighted by atomic mass is 127. The molecule has 8 nitrogen and oxygen atoms in total. The van der Waals surface area contributed by atoms with Gasteiger partial charge >= 0.3 is 0 Å². The van der Waals surface area contributed by atoms with E-state index in [1.54, 1.807) is 50.4 Å². The average Bonchev–Trinajstić information content (AvgIpc) is 2.79. The number of methoxy groups -OCH3 is 1. The van der Waals surface area contributed by atoms with E-state index in [9.17, 15) is 18.0 Å². The predicted octanol–water partition coefficient (Wildman–Crippen LogP) is 3.01. The molecule has 33 heavy (non-hydrogen) atoms. The summed E-state index contributed by atoms with van der Waals surface area (Å²) < 4.78 is 32.2. The summed E-state index contributed by atoms with van der Waals surface area (Å²) in [7, 11) is -2.17. The van der Waals surface area contributed by atoms with Crippen LogP contribution in [0.1, 0.15) is 25.8 Å². The monoisotopic (exact) mass is 587 g/mol. The van der Waals surface area contributed by atoms with E-state index in [4.69, 9.17) is 4.74 Å². The number of carbonyl (C=O) groups is 2. The Bertz CT molecular complexity index is 1040. The zero-order valence-corrected chi connectivity index (χ0v) is 22.2. The van der Waals surface area contributed by atoms with Crippen LogP contribution >= 0.6 is 22.6 Å². The Balaban J connectivity index is 2.34. The van der Waals surface area contributed by atoms with Gasteiger partial charge in [0.1, 0.15) is 18.3 Å². The van der Waals surface area contributed by atoms with E-state index in [1.165, 1.54) is 4.90 Å². The highest BCUT2D eigenvalue weighted by Crippen LogP contribution is 2.21. The van der Waals surface area contributed by atoms with Crippen LogP contribution in [0, 0.1) is 3.57 Å². The van der Waals surface area contributed by atoms with Crippen LogP contribution in [0.5, 0.6) is 5.75 Å². The van der Waals surface area contributed by atoms with Gasteiger partial charge in [0.2, 0.25) is 21.8 Å². The number of rotatable bonds is 11. The van der Waals surface area contributed by atoms with Gasteiger partial charge in [0.05, 0.1) is 19.1 Å². The summed E-state index contributed by atoms with van der Waals surface area (Å²) in [5.74, 6) is -0.0971. The minimum Gasteiger partial charge on any atom is -0.497 e. The largest absolute Gasteiger partial charge is 0.497 e. The van der Waals surface area contributed by atoms with Crippen LogP contribution in [0.25, 0.3) is 0 Å². The fourth-order valence-electron chi connectivity index (χ4n) is 3.13. The van der Waals surface area contributed by atoms with Crippen LogP contribution in [0.3, 0.4) is 0 Å². The second-order valence-corrected chi connectivity index (χ2v) is 10.7. The number of hydrogen-bond acceptors (Lipinski definition) is 5. The second kappa shape index (κ2) is 12.2. The molecule has 0 aliphatic carbocycles. The molecule has 10 heteroatoms. The summed E-state index contributed by atoms with van der Waals surface area (Å²) in [6.07, 6.45) is 1.82. The molecule has 1 N–H and O–H groups in total. The smallest absolute Gasteiger partial charge is 0.244 e. The van der Waals surface area contributed by atoms with E-state index in [2.05, 4.69) is 27.9 Å². The molecule has 0 heterocycles. The van der Waals surface area contributed by atoms with Gasteiger partial charge in [0, 0.05) is 16.7 Å². The fourth-order valence-corrected chi connectivity index (χ4v) is 4.34. The van der Waals surface area contributed by atoms with E-state index >= 15 is 0 Å². The molecule has 0 aliphatic heterocycles. The van der Waals surface area contributed by atoms with Crippen LogP contribution in [-0.4, -0.2) is 57.6 Å². The second-order valence-electron chi connectivity index (χ2n) is 7.58. The molecule has 0 unspecified atom stereocenters. The van der Waals surface area contributed by atoms with E-state index in [0.717, 1.165) is 26.1 Å². The molecule has 2 aromatic rings. The minimum absolute atomic E-state index is 0.147. The lowest BCUT2D eigenvalue weighted by atomic mass is 10.1. The SMILES string of the molecule is CCCNC(=O)[C@H](C)N(Cc1ccc(OC)cc1)C(=O)CN(c1ccc(I)cc1)S(C)(=O)=O. The topological polar surface area (TPSA) is 96.0 Å². The molecule has 180 valence electrons. The first-order chi connectivity index (χ1) is 15.6. The quantitative estimate of drug-likeness (QED) is 0.408. The van der Waals surface area contributed by atoms with Crippen molar-refractivity contribution in [2.75, 3.05) is 30.8 Å². The number of halogens is 1. The molecule has 2 aromatic carbocycles. The van der Waals surface area contributed by atoms with Crippen molar-refractivity contribution in [1.82, 2.24) is 10.2 Å². The highest BCUT2D eigenvalue weighted by Gasteiger charge is 2.29. The molecule has 1 atom stereocenters. The Kier molecular flexibility index (Phi) is 9.96. The van der Waals surface area contributed by atoms with Crippen molar-refractivity contribution in [3.63, 3.8) is 0 Å². The number of benzene rings is 2. The lowest BCUT2D eigenvalue weighted by Gasteiger charge is -2.31. The van der Waals surface area contributed by atoms with Crippen LogP contribution in [0.4, 0.5) is 5.69 Å². The number of nitrogens with zero attached hydrogens (tertiary/aromatic N) is 2. The summed E-state index contributed by atoms with van der Waals surface area (Å²) in [6, 6.07) is 13.2. The molecule has 0 aromatic heterocycles. The van der Waals surface area contributed by atoms with Crippen LogP contribution < -0.4 is 14.4 Å². The third kappa shape index (κ3) is 7.88. The highest BCUT2D eigenvalue weighted by molar-refractivity contribution is 14.1. The van der Waals surface area contributed by atoms with Crippen molar-refractivity contribution in [3.05, 3.63) is 57.7 Å².